The van der Waals surface area contributed by atoms with Gasteiger partial charge in [-0.05, 0) is 12.1 Å². The van der Waals surface area contributed by atoms with E-state index >= 15 is 0 Å². The average Bonchev–Trinajstić information content (AvgIpc) is 2.35. The average molecular weight is 240 g/mol. The van der Waals surface area contributed by atoms with Crippen LogP contribution in [0.25, 0.3) is 0 Å². The predicted molar refractivity (Wildman–Crippen MR) is 58.8 cm³/mol. The zero-order valence-corrected chi connectivity index (χ0v) is 9.45. The van der Waals surface area contributed by atoms with E-state index in [0.29, 0.717) is 5.75 Å². The van der Waals surface area contributed by atoms with E-state index in [2.05, 4.69) is 4.74 Å². The second-order valence-corrected chi connectivity index (χ2v) is 3.19. The van der Waals surface area contributed by atoms with Crippen LogP contribution in [0.5, 0.6) is 5.75 Å². The number of hydrogen-bond acceptors (Lipinski definition) is 5. The molecule has 1 rings (SSSR count). The van der Waals surface area contributed by atoms with E-state index in [1.807, 2.05) is 0 Å². The summed E-state index contributed by atoms with van der Waals surface area (Å²) in [4.78, 5) is 22.1. The van der Waals surface area contributed by atoms with Crippen molar-refractivity contribution in [2.24, 2.45) is 0 Å². The van der Waals surface area contributed by atoms with Crippen LogP contribution in [0.4, 0.5) is 10.5 Å². The summed E-state index contributed by atoms with van der Waals surface area (Å²) in [6.07, 6.45) is -0.521. The van der Waals surface area contributed by atoms with E-state index < -0.39 is 11.0 Å². The number of rotatable bonds is 4. The molecule has 92 valence electrons. The van der Waals surface area contributed by atoms with Crippen LogP contribution >= 0.6 is 0 Å². The summed E-state index contributed by atoms with van der Waals surface area (Å²) in [5.41, 5.74) is -0.0151. The topological polar surface area (TPSA) is 81.9 Å². The Morgan fingerprint density at radius 3 is 2.47 bits per heavy atom. The zero-order chi connectivity index (χ0) is 12.8. The van der Waals surface area contributed by atoms with Gasteiger partial charge in [-0.2, -0.15) is 0 Å². The summed E-state index contributed by atoms with van der Waals surface area (Å²) in [5.74, 6) is 0.436. The molecule has 0 aliphatic carbocycles. The maximum atomic E-state index is 11.0. The third-order valence-electron chi connectivity index (χ3n) is 1.96. The zero-order valence-electron chi connectivity index (χ0n) is 9.45. The Labute approximate surface area is 97.7 Å². The molecular formula is C10H12N2O5. The van der Waals surface area contributed by atoms with E-state index in [1.165, 1.54) is 43.3 Å². The number of nitro benzene ring substituents is 1. The molecule has 0 N–H and O–H groups in total. The van der Waals surface area contributed by atoms with Crippen molar-refractivity contribution in [3.05, 3.63) is 34.4 Å². The Morgan fingerprint density at radius 1 is 1.41 bits per heavy atom. The standard InChI is InChI=1S/C10H12N2O5/c1-11(10(13)16-2)7-17-9-5-3-8(4-6-9)12(14)15/h3-6H,7H2,1-2H3. The lowest BCUT2D eigenvalue weighted by molar-refractivity contribution is -0.384. The summed E-state index contributed by atoms with van der Waals surface area (Å²) in [6, 6.07) is 5.58. The first-order valence-electron chi connectivity index (χ1n) is 4.71. The highest BCUT2D eigenvalue weighted by molar-refractivity contribution is 5.66. The molecule has 0 spiro atoms. The molecule has 0 aromatic heterocycles. The fourth-order valence-corrected chi connectivity index (χ4v) is 1.04. The quantitative estimate of drug-likeness (QED) is 0.454. The van der Waals surface area contributed by atoms with Gasteiger partial charge in [-0.15, -0.1) is 0 Å². The maximum absolute atomic E-state index is 11.0. The van der Waals surface area contributed by atoms with Gasteiger partial charge in [0.1, 0.15) is 5.75 Å². The second kappa shape index (κ2) is 5.69. The number of hydrogen-bond donors (Lipinski definition) is 0. The number of methoxy groups -OCH3 is 1. The van der Waals surface area contributed by atoms with Gasteiger partial charge >= 0.3 is 6.09 Å². The summed E-state index contributed by atoms with van der Waals surface area (Å²) >= 11 is 0. The molecule has 0 saturated carbocycles. The van der Waals surface area contributed by atoms with Crippen molar-refractivity contribution >= 4 is 11.8 Å². The Morgan fingerprint density at radius 2 is 2.00 bits per heavy atom. The largest absolute Gasteiger partial charge is 0.473 e. The molecule has 1 amide bonds. The van der Waals surface area contributed by atoms with Crippen molar-refractivity contribution in [3.63, 3.8) is 0 Å². The molecule has 0 aliphatic heterocycles. The minimum Gasteiger partial charge on any atom is -0.473 e. The summed E-state index contributed by atoms with van der Waals surface area (Å²) in [5, 5.41) is 10.4. The Kier molecular flexibility index (Phi) is 4.27. The number of benzene rings is 1. The molecule has 7 nitrogen and oxygen atoms in total. The monoisotopic (exact) mass is 240 g/mol. The molecule has 1 aromatic carbocycles. The third kappa shape index (κ3) is 3.63. The Balaban J connectivity index is 2.53. The van der Waals surface area contributed by atoms with Gasteiger partial charge in [-0.1, -0.05) is 0 Å². The lowest BCUT2D eigenvalue weighted by Crippen LogP contribution is -2.30. The maximum Gasteiger partial charge on any atom is 0.411 e. The van der Waals surface area contributed by atoms with Gasteiger partial charge in [0.25, 0.3) is 5.69 Å². The van der Waals surface area contributed by atoms with Gasteiger partial charge in [-0.25, -0.2) is 4.79 Å². The van der Waals surface area contributed by atoms with E-state index in [1.54, 1.807) is 0 Å². The minimum absolute atomic E-state index is 0.00445. The fourth-order valence-electron chi connectivity index (χ4n) is 1.04. The van der Waals surface area contributed by atoms with Gasteiger partial charge < -0.3 is 9.47 Å². The number of ether oxygens (including phenoxy) is 2. The highest BCUT2D eigenvalue weighted by Gasteiger charge is 2.09. The smallest absolute Gasteiger partial charge is 0.411 e. The van der Waals surface area contributed by atoms with Gasteiger partial charge in [0.2, 0.25) is 0 Å². The molecule has 0 unspecified atom stereocenters. The molecule has 0 radical (unpaired) electrons. The van der Waals surface area contributed by atoms with Crippen LogP contribution in [0.1, 0.15) is 0 Å². The number of carbonyl (C=O) groups is 1. The van der Waals surface area contributed by atoms with Crippen molar-refractivity contribution in [2.75, 3.05) is 20.9 Å². The van der Waals surface area contributed by atoms with Crippen LogP contribution < -0.4 is 4.74 Å². The van der Waals surface area contributed by atoms with Crippen LogP contribution in [0, 0.1) is 10.1 Å². The fraction of sp³-hybridized carbons (Fsp3) is 0.300. The van der Waals surface area contributed by atoms with E-state index in [9.17, 15) is 14.9 Å². The van der Waals surface area contributed by atoms with Gasteiger partial charge in [0, 0.05) is 19.2 Å². The van der Waals surface area contributed by atoms with Gasteiger partial charge in [0.15, 0.2) is 6.73 Å². The van der Waals surface area contributed by atoms with E-state index in [-0.39, 0.29) is 12.4 Å². The second-order valence-electron chi connectivity index (χ2n) is 3.19. The van der Waals surface area contributed by atoms with Gasteiger partial charge in [-0.3, -0.25) is 15.0 Å². The lowest BCUT2D eigenvalue weighted by Gasteiger charge is -2.15. The highest BCUT2D eigenvalue weighted by Crippen LogP contribution is 2.17. The molecule has 1 aromatic rings. The number of amides is 1. The molecule has 0 saturated heterocycles. The van der Waals surface area contributed by atoms with Crippen LogP contribution in [0.2, 0.25) is 0 Å². The number of carbonyl (C=O) groups excluding carboxylic acids is 1. The van der Waals surface area contributed by atoms with Crippen molar-refractivity contribution in [3.8, 4) is 5.75 Å². The van der Waals surface area contributed by atoms with Crippen LogP contribution in [-0.2, 0) is 4.74 Å². The summed E-state index contributed by atoms with van der Waals surface area (Å²) < 4.78 is 9.70. The number of nitro groups is 1. The SMILES string of the molecule is COC(=O)N(C)COc1ccc([N+](=O)[O-])cc1. The van der Waals surface area contributed by atoms with E-state index in [0.717, 1.165) is 0 Å². The predicted octanol–water partition coefficient (Wildman–Crippen LogP) is 1.63. The van der Waals surface area contributed by atoms with Crippen molar-refractivity contribution in [1.29, 1.82) is 0 Å². The molecule has 0 heterocycles. The summed E-state index contributed by atoms with van der Waals surface area (Å²) in [6.45, 7) is 0.00445. The van der Waals surface area contributed by atoms with E-state index in [4.69, 9.17) is 4.74 Å². The van der Waals surface area contributed by atoms with Crippen molar-refractivity contribution in [1.82, 2.24) is 4.90 Å². The third-order valence-corrected chi connectivity index (χ3v) is 1.96. The van der Waals surface area contributed by atoms with Gasteiger partial charge in [0.05, 0.1) is 12.0 Å². The van der Waals surface area contributed by atoms with Crippen LogP contribution in [0.15, 0.2) is 24.3 Å². The first-order valence-corrected chi connectivity index (χ1v) is 4.71. The summed E-state index contributed by atoms with van der Waals surface area (Å²) in [7, 11) is 2.78. The molecule has 7 heteroatoms. The molecular weight excluding hydrogens is 228 g/mol. The first-order chi connectivity index (χ1) is 8.04. The molecule has 0 aliphatic rings. The van der Waals surface area contributed by atoms with Crippen LogP contribution in [-0.4, -0.2) is 36.8 Å². The number of nitrogens with zero attached hydrogens (tertiary/aromatic N) is 2. The van der Waals surface area contributed by atoms with Crippen molar-refractivity contribution in [2.45, 2.75) is 0 Å². The molecule has 0 atom stereocenters. The Bertz CT molecular complexity index is 404. The molecule has 17 heavy (non-hydrogen) atoms. The molecule has 0 bridgehead atoms. The highest BCUT2D eigenvalue weighted by atomic mass is 16.6. The van der Waals surface area contributed by atoms with Crippen LogP contribution in [0.3, 0.4) is 0 Å². The normalized spacial score (nSPS) is 9.53. The van der Waals surface area contributed by atoms with Crippen molar-refractivity contribution < 1.29 is 19.2 Å². The Hall–Kier alpha value is -2.31. The first kappa shape index (κ1) is 12.8. The lowest BCUT2D eigenvalue weighted by atomic mass is 10.3. The number of non-ortho nitro benzene ring substituents is 1. The molecule has 0 fully saturated rings. The minimum atomic E-state index is -0.521.